The minimum atomic E-state index is -0.940. The lowest BCUT2D eigenvalue weighted by molar-refractivity contribution is -0.131. The van der Waals surface area contributed by atoms with Crippen LogP contribution in [0.2, 0.25) is 0 Å². The number of hydrogen-bond donors (Lipinski definition) is 1. The summed E-state index contributed by atoms with van der Waals surface area (Å²) in [4.78, 5) is 14.7. The first-order chi connectivity index (χ1) is 7.15. The van der Waals surface area contributed by atoms with Gasteiger partial charge in [0.1, 0.15) is 0 Å². The molecule has 0 amide bonds. The van der Waals surface area contributed by atoms with Crippen LogP contribution in [0.15, 0.2) is 24.3 Å². The summed E-state index contributed by atoms with van der Waals surface area (Å²) < 4.78 is 1.12. The van der Waals surface area contributed by atoms with Gasteiger partial charge in [-0.15, -0.1) is 11.3 Å². The number of fused-ring (bicyclic) bond motifs is 1. The van der Waals surface area contributed by atoms with E-state index < -0.39 is 5.97 Å². The van der Waals surface area contributed by atoms with Crippen LogP contribution in [0.5, 0.6) is 0 Å². The normalized spacial score (nSPS) is 11.3. The van der Waals surface area contributed by atoms with Crippen molar-refractivity contribution in [3.63, 3.8) is 0 Å². The van der Waals surface area contributed by atoms with Gasteiger partial charge in [0.05, 0.1) is 15.2 Å². The summed E-state index contributed by atoms with van der Waals surface area (Å²) >= 11 is 1.63. The summed E-state index contributed by atoms with van der Waals surface area (Å²) in [6.45, 7) is 1.96. The van der Waals surface area contributed by atoms with E-state index in [0.29, 0.717) is 0 Å². The monoisotopic (exact) mass is 219 g/mol. The molecule has 0 atom stereocenters. The highest BCUT2D eigenvalue weighted by atomic mass is 32.1. The van der Waals surface area contributed by atoms with Crippen molar-refractivity contribution in [2.24, 2.45) is 0 Å². The molecule has 15 heavy (non-hydrogen) atoms. The fourth-order valence-corrected chi connectivity index (χ4v) is 2.14. The molecule has 0 unspecified atom stereocenters. The van der Waals surface area contributed by atoms with E-state index in [4.69, 9.17) is 5.11 Å². The van der Waals surface area contributed by atoms with Crippen molar-refractivity contribution in [3.05, 3.63) is 34.8 Å². The van der Waals surface area contributed by atoms with Gasteiger partial charge in [-0.1, -0.05) is 6.07 Å². The molecule has 2 rings (SSSR count). The van der Waals surface area contributed by atoms with Gasteiger partial charge in [-0.05, 0) is 30.7 Å². The molecule has 76 valence electrons. The Morgan fingerprint density at radius 3 is 3.07 bits per heavy atom. The maximum Gasteiger partial charge on any atom is 0.328 e. The molecule has 1 heterocycles. The molecule has 0 saturated heterocycles. The molecule has 0 bridgehead atoms. The summed E-state index contributed by atoms with van der Waals surface area (Å²) in [5.41, 5.74) is 1.78. The highest BCUT2D eigenvalue weighted by molar-refractivity contribution is 7.18. The van der Waals surface area contributed by atoms with Gasteiger partial charge in [0.15, 0.2) is 0 Å². The molecule has 0 radical (unpaired) electrons. The zero-order valence-electron chi connectivity index (χ0n) is 8.10. The Labute approximate surface area is 90.7 Å². The Balaban J connectivity index is 2.42. The number of thiazole rings is 1. The van der Waals surface area contributed by atoms with Crippen LogP contribution >= 0.6 is 11.3 Å². The van der Waals surface area contributed by atoms with Crippen LogP contribution < -0.4 is 0 Å². The van der Waals surface area contributed by atoms with E-state index in [2.05, 4.69) is 4.98 Å². The van der Waals surface area contributed by atoms with Gasteiger partial charge >= 0.3 is 5.97 Å². The van der Waals surface area contributed by atoms with Crippen molar-refractivity contribution in [1.29, 1.82) is 0 Å². The number of carboxylic acid groups (broad SMARTS) is 1. The van der Waals surface area contributed by atoms with Gasteiger partial charge in [0, 0.05) is 6.08 Å². The molecule has 0 aliphatic heterocycles. The molecule has 0 aliphatic rings. The van der Waals surface area contributed by atoms with Crippen LogP contribution in [-0.2, 0) is 4.79 Å². The van der Waals surface area contributed by atoms with E-state index in [1.807, 2.05) is 25.1 Å². The number of carboxylic acids is 1. The Hall–Kier alpha value is -1.68. The largest absolute Gasteiger partial charge is 0.478 e. The summed E-state index contributed by atoms with van der Waals surface area (Å²) in [5, 5.41) is 9.51. The van der Waals surface area contributed by atoms with E-state index in [1.165, 1.54) is 0 Å². The Morgan fingerprint density at radius 2 is 2.33 bits per heavy atom. The van der Waals surface area contributed by atoms with Crippen LogP contribution in [0, 0.1) is 6.92 Å². The lowest BCUT2D eigenvalue weighted by Gasteiger charge is -1.91. The van der Waals surface area contributed by atoms with Crippen LogP contribution in [0.3, 0.4) is 0 Å². The van der Waals surface area contributed by atoms with Crippen molar-refractivity contribution in [1.82, 2.24) is 4.98 Å². The minimum absolute atomic E-state index is 0.857. The van der Waals surface area contributed by atoms with Crippen LogP contribution in [0.4, 0.5) is 0 Å². The van der Waals surface area contributed by atoms with Crippen molar-refractivity contribution >= 4 is 33.6 Å². The molecule has 0 aliphatic carbocycles. The number of aliphatic carboxylic acids is 1. The quantitative estimate of drug-likeness (QED) is 0.790. The number of rotatable bonds is 2. The zero-order chi connectivity index (χ0) is 10.8. The van der Waals surface area contributed by atoms with Gasteiger partial charge in [0.2, 0.25) is 0 Å². The summed E-state index contributed by atoms with van der Waals surface area (Å²) in [6.07, 6.45) is 2.69. The van der Waals surface area contributed by atoms with Crippen molar-refractivity contribution in [2.45, 2.75) is 6.92 Å². The molecule has 4 heteroatoms. The minimum Gasteiger partial charge on any atom is -0.478 e. The van der Waals surface area contributed by atoms with E-state index in [9.17, 15) is 4.79 Å². The molecule has 1 aromatic heterocycles. The summed E-state index contributed by atoms with van der Waals surface area (Å²) in [7, 11) is 0. The lowest BCUT2D eigenvalue weighted by Crippen LogP contribution is -1.85. The maximum atomic E-state index is 10.3. The van der Waals surface area contributed by atoms with Gasteiger partial charge in [-0.2, -0.15) is 0 Å². The van der Waals surface area contributed by atoms with Crippen molar-refractivity contribution in [3.8, 4) is 0 Å². The molecule has 0 spiro atoms. The predicted molar refractivity (Wildman–Crippen MR) is 61.0 cm³/mol. The number of benzene rings is 1. The van der Waals surface area contributed by atoms with Crippen LogP contribution in [0.25, 0.3) is 16.3 Å². The van der Waals surface area contributed by atoms with Gasteiger partial charge in [-0.25, -0.2) is 9.78 Å². The smallest absolute Gasteiger partial charge is 0.328 e. The molecule has 1 N–H and O–H groups in total. The average molecular weight is 219 g/mol. The summed E-state index contributed by atoms with van der Waals surface area (Å²) in [6, 6.07) is 5.74. The van der Waals surface area contributed by atoms with E-state index in [-0.39, 0.29) is 0 Å². The average Bonchev–Trinajstić information content (AvgIpc) is 2.53. The first-order valence-corrected chi connectivity index (χ1v) is 5.25. The maximum absolute atomic E-state index is 10.3. The third-order valence-corrected chi connectivity index (χ3v) is 2.89. The second kappa shape index (κ2) is 3.82. The first-order valence-electron chi connectivity index (χ1n) is 4.43. The standard InChI is InChI=1S/C11H9NO2S/c1-7-12-9-6-8(3-5-11(13)14)2-4-10(9)15-7/h2-6H,1H3,(H,13,14). The van der Waals surface area contributed by atoms with E-state index in [1.54, 1.807) is 17.4 Å². The molecule has 2 aromatic rings. The van der Waals surface area contributed by atoms with Crippen molar-refractivity contribution in [2.75, 3.05) is 0 Å². The Kier molecular flexibility index (Phi) is 2.51. The van der Waals surface area contributed by atoms with Gasteiger partial charge in [0.25, 0.3) is 0 Å². The van der Waals surface area contributed by atoms with Gasteiger partial charge in [-0.3, -0.25) is 0 Å². The topological polar surface area (TPSA) is 50.2 Å². The predicted octanol–water partition coefficient (Wildman–Crippen LogP) is 2.70. The molecule has 3 nitrogen and oxygen atoms in total. The molecule has 0 saturated carbocycles. The molecule has 0 fully saturated rings. The first kappa shape index (κ1) is 9.86. The fraction of sp³-hybridized carbons (Fsp3) is 0.0909. The lowest BCUT2D eigenvalue weighted by atomic mass is 10.2. The second-order valence-corrected chi connectivity index (χ2v) is 4.37. The fourth-order valence-electron chi connectivity index (χ4n) is 1.33. The highest BCUT2D eigenvalue weighted by Gasteiger charge is 2.00. The zero-order valence-corrected chi connectivity index (χ0v) is 8.91. The third-order valence-electron chi connectivity index (χ3n) is 1.94. The molecular formula is C11H9NO2S. The van der Waals surface area contributed by atoms with Crippen LogP contribution in [0.1, 0.15) is 10.6 Å². The van der Waals surface area contributed by atoms with E-state index in [0.717, 1.165) is 26.9 Å². The Morgan fingerprint density at radius 1 is 1.53 bits per heavy atom. The highest BCUT2D eigenvalue weighted by Crippen LogP contribution is 2.22. The molecular weight excluding hydrogens is 210 g/mol. The van der Waals surface area contributed by atoms with Gasteiger partial charge < -0.3 is 5.11 Å². The third kappa shape index (κ3) is 2.22. The molecule has 1 aromatic carbocycles. The number of hydrogen-bond acceptors (Lipinski definition) is 3. The number of nitrogens with zero attached hydrogens (tertiary/aromatic N) is 1. The second-order valence-electron chi connectivity index (χ2n) is 3.13. The van der Waals surface area contributed by atoms with Crippen LogP contribution in [-0.4, -0.2) is 16.1 Å². The summed E-state index contributed by atoms with van der Waals surface area (Å²) in [5.74, 6) is -0.940. The number of aromatic nitrogens is 1. The SMILES string of the molecule is Cc1nc2cc(C=CC(=O)O)ccc2s1. The van der Waals surface area contributed by atoms with E-state index >= 15 is 0 Å². The number of carbonyl (C=O) groups is 1. The van der Waals surface area contributed by atoms with Crippen molar-refractivity contribution < 1.29 is 9.90 Å². The Bertz CT molecular complexity index is 543. The number of aryl methyl sites for hydroxylation is 1.